The molecule has 3 heterocycles. The van der Waals surface area contributed by atoms with Gasteiger partial charge in [-0.1, -0.05) is 24.4 Å². The number of nitrogens with two attached hydrogens (primary N) is 1. The van der Waals surface area contributed by atoms with E-state index in [0.29, 0.717) is 10.6 Å². The van der Waals surface area contributed by atoms with Crippen molar-refractivity contribution in [3.8, 4) is 12.1 Å². The summed E-state index contributed by atoms with van der Waals surface area (Å²) in [5.74, 6) is -0.706. The first-order valence-electron chi connectivity index (χ1n) is 7.67. The van der Waals surface area contributed by atoms with E-state index in [9.17, 15) is 10.5 Å². The molecule has 3 rings (SSSR count). The van der Waals surface area contributed by atoms with Crippen molar-refractivity contribution in [3.63, 3.8) is 0 Å². The Morgan fingerprint density at radius 2 is 1.81 bits per heavy atom. The molecule has 3 N–H and O–H groups in total. The second kappa shape index (κ2) is 7.12. The molecule has 6 nitrogen and oxygen atoms in total. The first-order chi connectivity index (χ1) is 12.6. The molecule has 128 valence electrons. The van der Waals surface area contributed by atoms with Crippen molar-refractivity contribution in [1.29, 1.82) is 10.5 Å². The van der Waals surface area contributed by atoms with Gasteiger partial charge in [0.15, 0.2) is 0 Å². The quantitative estimate of drug-likeness (QED) is 0.555. The van der Waals surface area contributed by atoms with Crippen LogP contribution in [-0.2, 0) is 0 Å². The Kier molecular flexibility index (Phi) is 4.90. The van der Waals surface area contributed by atoms with Gasteiger partial charge in [0.05, 0.1) is 39.7 Å². The van der Waals surface area contributed by atoms with Crippen LogP contribution in [0.3, 0.4) is 0 Å². The van der Waals surface area contributed by atoms with E-state index in [1.165, 1.54) is 0 Å². The van der Waals surface area contributed by atoms with Crippen LogP contribution in [0.15, 0.2) is 59.7 Å². The number of hydrogen-bond acceptors (Lipinski definition) is 7. The maximum absolute atomic E-state index is 10.2. The SMILES string of the molecule is N#CC1=C(S)N[C@H](c2cccnc2)[C@@](C#N)(C(N)=S)[C@@H]1c1cccnc1. The summed E-state index contributed by atoms with van der Waals surface area (Å²) in [5.41, 5.74) is 6.39. The fourth-order valence-electron chi connectivity index (χ4n) is 3.31. The molecule has 0 bridgehead atoms. The van der Waals surface area contributed by atoms with Crippen LogP contribution in [-0.4, -0.2) is 15.0 Å². The monoisotopic (exact) mass is 378 g/mol. The van der Waals surface area contributed by atoms with Gasteiger partial charge in [-0.15, -0.1) is 12.6 Å². The zero-order chi connectivity index (χ0) is 18.7. The summed E-state index contributed by atoms with van der Waals surface area (Å²) in [7, 11) is 0. The molecule has 0 saturated carbocycles. The molecule has 0 saturated heterocycles. The topological polar surface area (TPSA) is 111 Å². The maximum atomic E-state index is 10.2. The summed E-state index contributed by atoms with van der Waals surface area (Å²) in [6, 6.07) is 11.0. The zero-order valence-electron chi connectivity index (χ0n) is 13.5. The molecule has 1 aliphatic heterocycles. The summed E-state index contributed by atoms with van der Waals surface area (Å²) in [5, 5.41) is 23.5. The minimum Gasteiger partial charge on any atom is -0.392 e. The van der Waals surface area contributed by atoms with Crippen LogP contribution in [0.5, 0.6) is 0 Å². The van der Waals surface area contributed by atoms with Crippen LogP contribution in [0.4, 0.5) is 0 Å². The van der Waals surface area contributed by atoms with E-state index in [0.717, 1.165) is 5.56 Å². The zero-order valence-corrected chi connectivity index (χ0v) is 15.2. The van der Waals surface area contributed by atoms with Gasteiger partial charge in [-0.25, -0.2) is 0 Å². The number of pyridine rings is 2. The molecule has 0 radical (unpaired) electrons. The average Bonchev–Trinajstić information content (AvgIpc) is 2.68. The molecule has 0 unspecified atom stereocenters. The maximum Gasteiger partial charge on any atom is 0.143 e. The first kappa shape index (κ1) is 17.9. The molecular formula is C18H14N6S2. The number of thiocarbonyl (C=S) groups is 1. The van der Waals surface area contributed by atoms with E-state index in [4.69, 9.17) is 18.0 Å². The Balaban J connectivity index is 2.34. The highest BCUT2D eigenvalue weighted by molar-refractivity contribution is 7.84. The van der Waals surface area contributed by atoms with Gasteiger partial charge in [-0.2, -0.15) is 10.5 Å². The third-order valence-corrected chi connectivity index (χ3v) is 5.19. The van der Waals surface area contributed by atoms with Crippen molar-refractivity contribution < 1.29 is 0 Å². The molecule has 2 aromatic rings. The molecular weight excluding hydrogens is 364 g/mol. The number of rotatable bonds is 3. The minimum absolute atomic E-state index is 0.0104. The number of nitrogens with zero attached hydrogens (tertiary/aromatic N) is 4. The van der Waals surface area contributed by atoms with Gasteiger partial charge in [0.1, 0.15) is 5.41 Å². The van der Waals surface area contributed by atoms with E-state index in [2.05, 4.69) is 40.1 Å². The lowest BCUT2D eigenvalue weighted by atomic mass is 9.62. The fourth-order valence-corrected chi connectivity index (χ4v) is 3.90. The van der Waals surface area contributed by atoms with Gasteiger partial charge in [0, 0.05) is 24.8 Å². The summed E-state index contributed by atoms with van der Waals surface area (Å²) >= 11 is 9.79. The highest BCUT2D eigenvalue weighted by Crippen LogP contribution is 2.53. The van der Waals surface area contributed by atoms with E-state index in [1.54, 1.807) is 43.0 Å². The largest absolute Gasteiger partial charge is 0.392 e. The van der Waals surface area contributed by atoms with Crippen LogP contribution in [0.2, 0.25) is 0 Å². The van der Waals surface area contributed by atoms with Crippen molar-refractivity contribution in [3.05, 3.63) is 70.8 Å². The first-order valence-corrected chi connectivity index (χ1v) is 8.52. The van der Waals surface area contributed by atoms with Crippen LogP contribution in [0.25, 0.3) is 0 Å². The lowest BCUT2D eigenvalue weighted by molar-refractivity contribution is 0.332. The molecule has 8 heteroatoms. The summed E-state index contributed by atoms with van der Waals surface area (Å²) in [4.78, 5) is 8.25. The van der Waals surface area contributed by atoms with Gasteiger partial charge in [-0.05, 0) is 23.3 Å². The number of thiol groups is 1. The molecule has 3 atom stereocenters. The normalized spacial score (nSPS) is 24.9. The summed E-state index contributed by atoms with van der Waals surface area (Å²) in [6.07, 6.45) is 6.51. The van der Waals surface area contributed by atoms with Gasteiger partial charge in [-0.3, -0.25) is 9.97 Å². The third kappa shape index (κ3) is 2.70. The van der Waals surface area contributed by atoms with E-state index in [1.807, 2.05) is 6.07 Å². The van der Waals surface area contributed by atoms with Gasteiger partial charge in [0.25, 0.3) is 0 Å². The number of allylic oxidation sites excluding steroid dienone is 1. The van der Waals surface area contributed by atoms with Crippen molar-refractivity contribution in [2.24, 2.45) is 11.1 Å². The van der Waals surface area contributed by atoms with Crippen molar-refractivity contribution in [1.82, 2.24) is 15.3 Å². The minimum atomic E-state index is -1.39. The van der Waals surface area contributed by atoms with Crippen molar-refractivity contribution in [2.45, 2.75) is 12.0 Å². The predicted octanol–water partition coefficient (Wildman–Crippen LogP) is 2.37. The Hall–Kier alpha value is -2.94. The van der Waals surface area contributed by atoms with Crippen LogP contribution < -0.4 is 11.1 Å². The Morgan fingerprint density at radius 3 is 2.27 bits per heavy atom. The number of nitriles is 2. The fraction of sp³-hybridized carbons (Fsp3) is 0.167. The average molecular weight is 378 g/mol. The Morgan fingerprint density at radius 1 is 1.19 bits per heavy atom. The molecule has 0 aromatic carbocycles. The van der Waals surface area contributed by atoms with Crippen LogP contribution >= 0.6 is 24.8 Å². The van der Waals surface area contributed by atoms with Crippen LogP contribution in [0.1, 0.15) is 23.1 Å². The standard InChI is InChI=1S/C18H14N6S2/c19-7-13-14(11-3-1-5-22-8-11)18(10-20,17(21)26)15(24-16(13)25)12-4-2-6-23-9-12/h1-6,8-9,14-15,24-25H,(H2,21,26)/t14-,15-,18+/m1/s1. The number of aromatic nitrogens is 2. The molecule has 0 spiro atoms. The second-order valence-corrected chi connectivity index (χ2v) is 6.69. The van der Waals surface area contributed by atoms with Gasteiger partial charge < -0.3 is 11.1 Å². The Labute approximate surface area is 161 Å². The molecule has 0 amide bonds. The Bertz CT molecular complexity index is 945. The highest BCUT2D eigenvalue weighted by atomic mass is 32.1. The van der Waals surface area contributed by atoms with Gasteiger partial charge >= 0.3 is 0 Å². The van der Waals surface area contributed by atoms with E-state index >= 15 is 0 Å². The van der Waals surface area contributed by atoms with Crippen molar-refractivity contribution in [2.75, 3.05) is 0 Å². The highest BCUT2D eigenvalue weighted by Gasteiger charge is 2.55. The summed E-state index contributed by atoms with van der Waals surface area (Å²) in [6.45, 7) is 0. The van der Waals surface area contributed by atoms with E-state index in [-0.39, 0.29) is 10.6 Å². The molecule has 0 aliphatic carbocycles. The van der Waals surface area contributed by atoms with Gasteiger partial charge in [0.2, 0.25) is 0 Å². The van der Waals surface area contributed by atoms with Crippen LogP contribution in [0, 0.1) is 28.1 Å². The van der Waals surface area contributed by atoms with Crippen molar-refractivity contribution >= 4 is 29.8 Å². The smallest absolute Gasteiger partial charge is 0.143 e. The predicted molar refractivity (Wildman–Crippen MR) is 104 cm³/mol. The molecule has 2 aromatic heterocycles. The number of hydrogen-bond donors (Lipinski definition) is 3. The lowest BCUT2D eigenvalue weighted by Gasteiger charge is -2.45. The number of nitrogens with one attached hydrogen (secondary N) is 1. The second-order valence-electron chi connectivity index (χ2n) is 5.80. The molecule has 26 heavy (non-hydrogen) atoms. The summed E-state index contributed by atoms with van der Waals surface area (Å²) < 4.78 is 0. The molecule has 0 fully saturated rings. The molecule has 1 aliphatic rings. The van der Waals surface area contributed by atoms with E-state index < -0.39 is 17.4 Å². The lowest BCUT2D eigenvalue weighted by Crippen LogP contribution is -2.52. The third-order valence-electron chi connectivity index (χ3n) is 4.48.